The van der Waals surface area contributed by atoms with Gasteiger partial charge in [-0.15, -0.1) is 0 Å². The van der Waals surface area contributed by atoms with Crippen LogP contribution in [0.25, 0.3) is 0 Å². The molecule has 0 radical (unpaired) electrons. The molecule has 0 spiro atoms. The monoisotopic (exact) mass is 302 g/mol. The van der Waals surface area contributed by atoms with E-state index in [0.717, 1.165) is 18.9 Å². The molecule has 1 atom stereocenters. The van der Waals surface area contributed by atoms with Crippen LogP contribution in [-0.2, 0) is 10.2 Å². The van der Waals surface area contributed by atoms with Crippen LogP contribution in [0.1, 0.15) is 24.8 Å². The van der Waals surface area contributed by atoms with Gasteiger partial charge in [-0.25, -0.2) is 4.39 Å². The molecular formula is C13H19FN2O3S. The van der Waals surface area contributed by atoms with Crippen LogP contribution in [0.15, 0.2) is 18.2 Å². The summed E-state index contributed by atoms with van der Waals surface area (Å²) in [5.74, 6) is -0.486. The lowest BCUT2D eigenvalue weighted by Crippen LogP contribution is -2.47. The van der Waals surface area contributed by atoms with E-state index >= 15 is 0 Å². The van der Waals surface area contributed by atoms with E-state index in [1.54, 1.807) is 13.0 Å². The van der Waals surface area contributed by atoms with Crippen molar-refractivity contribution in [1.82, 2.24) is 4.31 Å². The number of nitrogens with one attached hydrogen (secondary N) is 1. The topological polar surface area (TPSA) is 69.6 Å². The number of aryl methyl sites for hydroxylation is 1. The molecule has 7 heteroatoms. The van der Waals surface area contributed by atoms with Gasteiger partial charge < -0.3 is 5.11 Å². The minimum absolute atomic E-state index is 0.199. The first-order valence-corrected chi connectivity index (χ1v) is 8.04. The Bertz CT molecular complexity index is 557. The zero-order chi connectivity index (χ0) is 14.8. The number of halogens is 1. The highest BCUT2D eigenvalue weighted by molar-refractivity contribution is 7.90. The van der Waals surface area contributed by atoms with Crippen molar-refractivity contribution in [2.24, 2.45) is 0 Å². The summed E-state index contributed by atoms with van der Waals surface area (Å²) in [5, 5.41) is 9.29. The molecule has 0 aliphatic carbocycles. The van der Waals surface area contributed by atoms with Gasteiger partial charge in [0.1, 0.15) is 5.82 Å². The molecule has 1 fully saturated rings. The normalized spacial score (nSPS) is 20.9. The molecule has 1 saturated heterocycles. The molecule has 112 valence electrons. The molecule has 1 unspecified atom stereocenters. The van der Waals surface area contributed by atoms with Gasteiger partial charge in [-0.1, -0.05) is 6.42 Å². The van der Waals surface area contributed by atoms with Crippen LogP contribution in [0.5, 0.6) is 0 Å². The Hall–Kier alpha value is -1.18. The number of nitrogens with zero attached hydrogens (tertiary/aromatic N) is 1. The molecule has 2 N–H and O–H groups in total. The van der Waals surface area contributed by atoms with Gasteiger partial charge >= 0.3 is 10.2 Å². The summed E-state index contributed by atoms with van der Waals surface area (Å²) >= 11 is 0. The largest absolute Gasteiger partial charge is 0.395 e. The molecule has 2 rings (SSSR count). The van der Waals surface area contributed by atoms with Gasteiger partial charge in [-0.2, -0.15) is 12.7 Å². The summed E-state index contributed by atoms with van der Waals surface area (Å²) in [6, 6.07) is 3.63. The Labute approximate surface area is 118 Å². The number of rotatable bonds is 4. The van der Waals surface area contributed by atoms with E-state index in [1.165, 1.54) is 10.4 Å². The van der Waals surface area contributed by atoms with Gasteiger partial charge in [0.15, 0.2) is 0 Å². The van der Waals surface area contributed by atoms with Crippen molar-refractivity contribution in [3.05, 3.63) is 29.6 Å². The van der Waals surface area contributed by atoms with Crippen molar-refractivity contribution in [3.63, 3.8) is 0 Å². The fourth-order valence-corrected chi connectivity index (χ4v) is 3.94. The van der Waals surface area contributed by atoms with Crippen molar-refractivity contribution < 1.29 is 17.9 Å². The smallest absolute Gasteiger partial charge is 0.301 e. The Morgan fingerprint density at radius 1 is 1.40 bits per heavy atom. The fourth-order valence-electron chi connectivity index (χ4n) is 2.48. The van der Waals surface area contributed by atoms with Crippen LogP contribution < -0.4 is 4.72 Å². The lowest BCUT2D eigenvalue weighted by Gasteiger charge is -2.33. The second-order valence-corrected chi connectivity index (χ2v) is 6.69. The number of hydrogen-bond acceptors (Lipinski definition) is 3. The maximum Gasteiger partial charge on any atom is 0.301 e. The van der Waals surface area contributed by atoms with Gasteiger partial charge in [-0.05, 0) is 43.5 Å². The molecule has 5 nitrogen and oxygen atoms in total. The highest BCUT2D eigenvalue weighted by atomic mass is 32.2. The zero-order valence-electron chi connectivity index (χ0n) is 11.3. The number of hydrogen-bond donors (Lipinski definition) is 2. The molecule has 0 saturated carbocycles. The standard InChI is InChI=1S/C13H19FN2O3S/c1-10-6-11(14)8-12(7-10)15-20(18,19)16-5-3-2-4-13(16)9-17/h6-8,13,15,17H,2-5,9H2,1H3. The molecule has 1 aliphatic rings. The summed E-state index contributed by atoms with van der Waals surface area (Å²) in [6.45, 7) is 1.86. The van der Waals surface area contributed by atoms with E-state index in [-0.39, 0.29) is 12.3 Å². The second kappa shape index (κ2) is 6.07. The maximum absolute atomic E-state index is 13.3. The average molecular weight is 302 g/mol. The number of aliphatic hydroxyl groups is 1. The van der Waals surface area contributed by atoms with Crippen molar-refractivity contribution >= 4 is 15.9 Å². The quantitative estimate of drug-likeness (QED) is 0.888. The van der Waals surface area contributed by atoms with E-state index in [9.17, 15) is 17.9 Å². The highest BCUT2D eigenvalue weighted by Crippen LogP contribution is 2.22. The third kappa shape index (κ3) is 3.47. The van der Waals surface area contributed by atoms with Gasteiger partial charge in [0, 0.05) is 12.6 Å². The molecule has 1 aliphatic heterocycles. The van der Waals surface area contributed by atoms with Gasteiger partial charge in [0.25, 0.3) is 0 Å². The van der Waals surface area contributed by atoms with E-state index < -0.39 is 22.1 Å². The number of aliphatic hydroxyl groups excluding tert-OH is 1. The third-order valence-corrected chi connectivity index (χ3v) is 4.97. The molecule has 1 heterocycles. The Morgan fingerprint density at radius 3 is 2.80 bits per heavy atom. The maximum atomic E-state index is 13.3. The van der Waals surface area contributed by atoms with Crippen LogP contribution in [0.3, 0.4) is 0 Å². The summed E-state index contributed by atoms with van der Waals surface area (Å²) in [4.78, 5) is 0. The summed E-state index contributed by atoms with van der Waals surface area (Å²) in [6.07, 6.45) is 2.30. The first-order valence-electron chi connectivity index (χ1n) is 6.60. The predicted octanol–water partition coefficient (Wildman–Crippen LogP) is 1.64. The average Bonchev–Trinajstić information content (AvgIpc) is 2.36. The van der Waals surface area contributed by atoms with Gasteiger partial charge in [-0.3, -0.25) is 4.72 Å². The van der Waals surface area contributed by atoms with Crippen LogP contribution in [0.2, 0.25) is 0 Å². The highest BCUT2D eigenvalue weighted by Gasteiger charge is 2.31. The number of anilines is 1. The fraction of sp³-hybridized carbons (Fsp3) is 0.538. The van der Waals surface area contributed by atoms with Crippen LogP contribution in [0.4, 0.5) is 10.1 Å². The van der Waals surface area contributed by atoms with E-state index in [2.05, 4.69) is 4.72 Å². The number of piperidine rings is 1. The Morgan fingerprint density at radius 2 is 2.15 bits per heavy atom. The molecular weight excluding hydrogens is 283 g/mol. The number of benzene rings is 1. The first-order chi connectivity index (χ1) is 9.42. The van der Waals surface area contributed by atoms with Crippen molar-refractivity contribution in [2.75, 3.05) is 17.9 Å². The Kier molecular flexibility index (Phi) is 4.62. The lowest BCUT2D eigenvalue weighted by atomic mass is 10.1. The predicted molar refractivity (Wildman–Crippen MR) is 75.1 cm³/mol. The molecule has 1 aromatic rings. The van der Waals surface area contributed by atoms with Gasteiger partial charge in [0.2, 0.25) is 0 Å². The molecule has 0 amide bonds. The van der Waals surface area contributed by atoms with E-state index in [4.69, 9.17) is 0 Å². The SMILES string of the molecule is Cc1cc(F)cc(NS(=O)(=O)N2CCCCC2CO)c1. The first kappa shape index (κ1) is 15.2. The zero-order valence-corrected chi connectivity index (χ0v) is 12.2. The minimum atomic E-state index is -3.77. The third-order valence-electron chi connectivity index (χ3n) is 3.38. The van der Waals surface area contributed by atoms with Crippen LogP contribution >= 0.6 is 0 Å². The minimum Gasteiger partial charge on any atom is -0.395 e. The van der Waals surface area contributed by atoms with Crippen molar-refractivity contribution in [1.29, 1.82) is 0 Å². The molecule has 0 bridgehead atoms. The summed E-state index contributed by atoms with van der Waals surface area (Å²) in [7, 11) is -3.77. The van der Waals surface area contributed by atoms with Crippen LogP contribution in [0, 0.1) is 12.7 Å². The van der Waals surface area contributed by atoms with Gasteiger partial charge in [0.05, 0.1) is 12.3 Å². The van der Waals surface area contributed by atoms with E-state index in [0.29, 0.717) is 18.5 Å². The van der Waals surface area contributed by atoms with Crippen LogP contribution in [-0.4, -0.2) is 37.0 Å². The summed E-state index contributed by atoms with van der Waals surface area (Å²) in [5.41, 5.74) is 0.838. The van der Waals surface area contributed by atoms with Crippen molar-refractivity contribution in [3.8, 4) is 0 Å². The summed E-state index contributed by atoms with van der Waals surface area (Å²) < 4.78 is 41.6. The Balaban J connectivity index is 2.21. The van der Waals surface area contributed by atoms with E-state index in [1.807, 2.05) is 0 Å². The molecule has 0 aromatic heterocycles. The second-order valence-electron chi connectivity index (χ2n) is 5.07. The molecule has 20 heavy (non-hydrogen) atoms. The molecule has 1 aromatic carbocycles. The van der Waals surface area contributed by atoms with Crippen molar-refractivity contribution in [2.45, 2.75) is 32.2 Å². The lowest BCUT2D eigenvalue weighted by molar-refractivity contribution is 0.156.